The molecule has 0 radical (unpaired) electrons. The molecule has 4 nitrogen and oxygen atoms in total. The van der Waals surface area contributed by atoms with Crippen molar-refractivity contribution in [1.82, 2.24) is 0 Å². The Morgan fingerprint density at radius 3 is 2.43 bits per heavy atom. The topological polar surface area (TPSA) is 47.6 Å². The standard InChI is InChI=1S/C16H24BrNO3/c1-4-11-21-16(3,5-2)15(19)18-13-6-8-14(9-7-13)20-12-10-17/h6-9H,4-5,10-12H2,1-3H3,(H,18,19)/t16-/m0/s1. The van der Waals surface area contributed by atoms with Crippen LogP contribution in [0.1, 0.15) is 33.6 Å². The normalized spacial score (nSPS) is 13.5. The van der Waals surface area contributed by atoms with Crippen LogP contribution in [0.15, 0.2) is 24.3 Å². The van der Waals surface area contributed by atoms with Crippen molar-refractivity contribution in [2.75, 3.05) is 23.9 Å². The molecule has 0 aliphatic carbocycles. The quantitative estimate of drug-likeness (QED) is 0.679. The number of amides is 1. The SMILES string of the molecule is CCCO[C@@](C)(CC)C(=O)Nc1ccc(OCCBr)cc1. The van der Waals surface area contributed by atoms with Crippen molar-refractivity contribution in [3.8, 4) is 5.75 Å². The molecule has 0 heterocycles. The molecular formula is C16H24BrNO3. The summed E-state index contributed by atoms with van der Waals surface area (Å²) in [5.74, 6) is 0.667. The van der Waals surface area contributed by atoms with Gasteiger partial charge in [0.15, 0.2) is 0 Å². The summed E-state index contributed by atoms with van der Waals surface area (Å²) in [6.07, 6.45) is 1.52. The maximum atomic E-state index is 12.4. The molecule has 0 bridgehead atoms. The number of rotatable bonds is 9. The summed E-state index contributed by atoms with van der Waals surface area (Å²) in [7, 11) is 0. The Morgan fingerprint density at radius 2 is 1.90 bits per heavy atom. The van der Waals surface area contributed by atoms with E-state index >= 15 is 0 Å². The van der Waals surface area contributed by atoms with Crippen LogP contribution < -0.4 is 10.1 Å². The summed E-state index contributed by atoms with van der Waals surface area (Å²) in [5.41, 5.74) is -0.0489. The second-order valence-corrected chi connectivity index (χ2v) is 5.74. The molecule has 1 N–H and O–H groups in total. The molecule has 0 aromatic heterocycles. The third kappa shape index (κ3) is 5.67. The predicted octanol–water partition coefficient (Wildman–Crippen LogP) is 3.99. The minimum Gasteiger partial charge on any atom is -0.493 e. The summed E-state index contributed by atoms with van der Waals surface area (Å²) in [4.78, 5) is 12.4. The van der Waals surface area contributed by atoms with Crippen LogP contribution >= 0.6 is 15.9 Å². The fourth-order valence-electron chi connectivity index (χ4n) is 1.71. The highest BCUT2D eigenvalue weighted by Gasteiger charge is 2.32. The first-order chi connectivity index (χ1) is 10.1. The number of nitrogens with one attached hydrogen (secondary N) is 1. The van der Waals surface area contributed by atoms with E-state index in [1.807, 2.05) is 45.0 Å². The van der Waals surface area contributed by atoms with Gasteiger partial charge in [-0.15, -0.1) is 0 Å². The number of hydrogen-bond acceptors (Lipinski definition) is 3. The van der Waals surface area contributed by atoms with Gasteiger partial charge in [-0.2, -0.15) is 0 Å². The molecule has 1 amide bonds. The first-order valence-corrected chi connectivity index (χ1v) is 8.42. The van der Waals surface area contributed by atoms with Gasteiger partial charge in [-0.3, -0.25) is 4.79 Å². The molecule has 0 fully saturated rings. The second kappa shape index (κ2) is 9.05. The number of benzene rings is 1. The number of carbonyl (C=O) groups is 1. The van der Waals surface area contributed by atoms with E-state index in [9.17, 15) is 4.79 Å². The molecule has 1 aromatic rings. The van der Waals surface area contributed by atoms with Crippen molar-refractivity contribution in [3.05, 3.63) is 24.3 Å². The maximum Gasteiger partial charge on any atom is 0.256 e. The summed E-state index contributed by atoms with van der Waals surface area (Å²) in [5, 5.41) is 3.68. The predicted molar refractivity (Wildman–Crippen MR) is 89.3 cm³/mol. The fraction of sp³-hybridized carbons (Fsp3) is 0.562. The zero-order chi connectivity index (χ0) is 15.7. The van der Waals surface area contributed by atoms with Crippen LogP contribution in [0.2, 0.25) is 0 Å². The highest BCUT2D eigenvalue weighted by Crippen LogP contribution is 2.21. The highest BCUT2D eigenvalue weighted by atomic mass is 79.9. The third-order valence-electron chi connectivity index (χ3n) is 3.24. The summed E-state index contributed by atoms with van der Waals surface area (Å²) >= 11 is 3.31. The first-order valence-electron chi connectivity index (χ1n) is 7.30. The number of ether oxygens (including phenoxy) is 2. The van der Waals surface area contributed by atoms with E-state index in [4.69, 9.17) is 9.47 Å². The molecule has 0 aliphatic rings. The van der Waals surface area contributed by atoms with E-state index in [-0.39, 0.29) is 5.91 Å². The van der Waals surface area contributed by atoms with Gasteiger partial charge in [0.1, 0.15) is 11.4 Å². The Kier molecular flexibility index (Phi) is 7.75. The van der Waals surface area contributed by atoms with E-state index in [1.165, 1.54) is 0 Å². The molecular weight excluding hydrogens is 334 g/mol. The van der Waals surface area contributed by atoms with Gasteiger partial charge >= 0.3 is 0 Å². The van der Waals surface area contributed by atoms with Crippen molar-refractivity contribution < 1.29 is 14.3 Å². The molecule has 118 valence electrons. The van der Waals surface area contributed by atoms with Crippen molar-refractivity contribution in [3.63, 3.8) is 0 Å². The van der Waals surface area contributed by atoms with Crippen molar-refractivity contribution in [2.45, 2.75) is 39.2 Å². The van der Waals surface area contributed by atoms with Crippen molar-refractivity contribution in [1.29, 1.82) is 0 Å². The highest BCUT2D eigenvalue weighted by molar-refractivity contribution is 9.09. The molecule has 1 rings (SSSR count). The molecule has 0 saturated heterocycles. The molecule has 21 heavy (non-hydrogen) atoms. The van der Waals surface area contributed by atoms with E-state index in [0.29, 0.717) is 19.6 Å². The molecule has 5 heteroatoms. The molecule has 0 aliphatic heterocycles. The van der Waals surface area contributed by atoms with Gasteiger partial charge < -0.3 is 14.8 Å². The maximum absolute atomic E-state index is 12.4. The number of hydrogen-bond donors (Lipinski definition) is 1. The van der Waals surface area contributed by atoms with Crippen molar-refractivity contribution in [2.24, 2.45) is 0 Å². The lowest BCUT2D eigenvalue weighted by Gasteiger charge is -2.27. The molecule has 1 atom stereocenters. The van der Waals surface area contributed by atoms with E-state index < -0.39 is 5.60 Å². The Morgan fingerprint density at radius 1 is 1.24 bits per heavy atom. The monoisotopic (exact) mass is 357 g/mol. The average Bonchev–Trinajstić information content (AvgIpc) is 2.51. The van der Waals surface area contributed by atoms with E-state index in [2.05, 4.69) is 21.2 Å². The van der Waals surface area contributed by atoms with Gasteiger partial charge in [0.25, 0.3) is 5.91 Å². The summed E-state index contributed by atoms with van der Waals surface area (Å²) in [6.45, 7) is 7.00. The van der Waals surface area contributed by atoms with Crippen LogP contribution in [0, 0.1) is 0 Å². The molecule has 1 aromatic carbocycles. The van der Waals surface area contributed by atoms with Crippen LogP contribution in [0.25, 0.3) is 0 Å². The fourth-order valence-corrected chi connectivity index (χ4v) is 1.87. The molecule has 0 spiro atoms. The Labute approximate surface area is 135 Å². The average molecular weight is 358 g/mol. The lowest BCUT2D eigenvalue weighted by molar-refractivity contribution is -0.139. The van der Waals surface area contributed by atoms with Crippen LogP contribution in [0.3, 0.4) is 0 Å². The first kappa shape index (κ1) is 18.0. The van der Waals surface area contributed by atoms with Crippen LogP contribution in [0.5, 0.6) is 5.75 Å². The zero-order valence-electron chi connectivity index (χ0n) is 12.9. The third-order valence-corrected chi connectivity index (χ3v) is 3.56. The van der Waals surface area contributed by atoms with Gasteiger partial charge in [0.05, 0.1) is 6.61 Å². The van der Waals surface area contributed by atoms with Gasteiger partial charge in [0, 0.05) is 17.6 Å². The summed E-state index contributed by atoms with van der Waals surface area (Å²) < 4.78 is 11.2. The van der Waals surface area contributed by atoms with Gasteiger partial charge in [0.2, 0.25) is 0 Å². The Balaban J connectivity index is 2.64. The lowest BCUT2D eigenvalue weighted by Crippen LogP contribution is -2.42. The minimum atomic E-state index is -0.791. The Bertz CT molecular complexity index is 436. The van der Waals surface area contributed by atoms with Crippen LogP contribution in [-0.4, -0.2) is 30.1 Å². The van der Waals surface area contributed by atoms with Crippen molar-refractivity contribution >= 4 is 27.5 Å². The van der Waals surface area contributed by atoms with Crippen LogP contribution in [0.4, 0.5) is 5.69 Å². The zero-order valence-corrected chi connectivity index (χ0v) is 14.5. The second-order valence-electron chi connectivity index (χ2n) is 4.95. The largest absolute Gasteiger partial charge is 0.493 e. The Hall–Kier alpha value is -1.07. The number of alkyl halides is 1. The van der Waals surface area contributed by atoms with E-state index in [1.54, 1.807) is 0 Å². The smallest absolute Gasteiger partial charge is 0.256 e. The molecule has 0 saturated carbocycles. The lowest BCUT2D eigenvalue weighted by atomic mass is 10.0. The number of anilines is 1. The number of halogens is 1. The summed E-state index contributed by atoms with van der Waals surface area (Å²) in [6, 6.07) is 7.34. The van der Waals surface area contributed by atoms with Gasteiger partial charge in [-0.05, 0) is 44.0 Å². The van der Waals surface area contributed by atoms with Crippen LogP contribution in [-0.2, 0) is 9.53 Å². The number of carbonyl (C=O) groups excluding carboxylic acids is 1. The van der Waals surface area contributed by atoms with Gasteiger partial charge in [-0.25, -0.2) is 0 Å². The van der Waals surface area contributed by atoms with E-state index in [0.717, 1.165) is 23.2 Å². The minimum absolute atomic E-state index is 0.118. The van der Waals surface area contributed by atoms with Gasteiger partial charge in [-0.1, -0.05) is 29.8 Å². The molecule has 0 unspecified atom stereocenters.